The summed E-state index contributed by atoms with van der Waals surface area (Å²) in [5, 5.41) is 0. The third kappa shape index (κ3) is 3.25. The van der Waals surface area contributed by atoms with E-state index < -0.39 is 5.97 Å². The SMILES string of the molecule is CCN1CCC(N(C)c2cncc(C(=O)OC)n2)CC1. The molecule has 1 aromatic heterocycles. The molecule has 20 heavy (non-hydrogen) atoms. The number of esters is 1. The second-order valence-corrected chi connectivity index (χ2v) is 5.03. The summed E-state index contributed by atoms with van der Waals surface area (Å²) in [6.07, 6.45) is 5.34. The molecule has 6 nitrogen and oxygen atoms in total. The molecule has 0 saturated carbocycles. The topological polar surface area (TPSA) is 58.6 Å². The quantitative estimate of drug-likeness (QED) is 0.771. The third-order valence-corrected chi connectivity index (χ3v) is 3.93. The number of hydrogen-bond donors (Lipinski definition) is 0. The molecular weight excluding hydrogens is 256 g/mol. The molecule has 1 aliphatic heterocycles. The Bertz CT molecular complexity index is 458. The van der Waals surface area contributed by atoms with Gasteiger partial charge in [0.2, 0.25) is 0 Å². The maximum Gasteiger partial charge on any atom is 0.358 e. The van der Waals surface area contributed by atoms with Crippen LogP contribution < -0.4 is 4.90 Å². The van der Waals surface area contributed by atoms with Crippen LogP contribution in [0.3, 0.4) is 0 Å². The van der Waals surface area contributed by atoms with E-state index in [4.69, 9.17) is 0 Å². The van der Waals surface area contributed by atoms with E-state index in [1.54, 1.807) is 6.20 Å². The van der Waals surface area contributed by atoms with Gasteiger partial charge in [0, 0.05) is 26.2 Å². The molecular formula is C14H22N4O2. The van der Waals surface area contributed by atoms with Crippen LogP contribution in [-0.2, 0) is 4.74 Å². The van der Waals surface area contributed by atoms with E-state index in [1.807, 2.05) is 7.05 Å². The predicted molar refractivity (Wildman–Crippen MR) is 76.9 cm³/mol. The number of carbonyl (C=O) groups excluding carboxylic acids is 1. The first-order chi connectivity index (χ1) is 9.65. The number of likely N-dealkylation sites (tertiary alicyclic amines) is 1. The van der Waals surface area contributed by atoms with Crippen LogP contribution >= 0.6 is 0 Å². The Kier molecular flexibility index (Phi) is 4.89. The lowest BCUT2D eigenvalue weighted by molar-refractivity contribution is 0.0593. The number of methoxy groups -OCH3 is 1. The van der Waals surface area contributed by atoms with Crippen molar-refractivity contribution < 1.29 is 9.53 Å². The highest BCUT2D eigenvalue weighted by molar-refractivity contribution is 5.87. The molecule has 0 radical (unpaired) electrons. The van der Waals surface area contributed by atoms with Crippen molar-refractivity contribution in [1.29, 1.82) is 0 Å². The van der Waals surface area contributed by atoms with Crippen molar-refractivity contribution in [3.05, 3.63) is 18.1 Å². The van der Waals surface area contributed by atoms with Gasteiger partial charge in [-0.05, 0) is 19.4 Å². The maximum atomic E-state index is 11.5. The molecule has 0 bridgehead atoms. The van der Waals surface area contributed by atoms with Crippen molar-refractivity contribution in [3.63, 3.8) is 0 Å². The molecule has 0 N–H and O–H groups in total. The highest BCUT2D eigenvalue weighted by Gasteiger charge is 2.23. The van der Waals surface area contributed by atoms with Gasteiger partial charge in [0.1, 0.15) is 5.82 Å². The van der Waals surface area contributed by atoms with Gasteiger partial charge in [-0.25, -0.2) is 9.78 Å². The van der Waals surface area contributed by atoms with Gasteiger partial charge in [-0.3, -0.25) is 4.98 Å². The first-order valence-electron chi connectivity index (χ1n) is 7.01. The Morgan fingerprint density at radius 1 is 1.45 bits per heavy atom. The third-order valence-electron chi connectivity index (χ3n) is 3.93. The predicted octanol–water partition coefficient (Wildman–Crippen LogP) is 1.18. The fourth-order valence-corrected chi connectivity index (χ4v) is 2.54. The molecule has 6 heteroatoms. The van der Waals surface area contributed by atoms with Gasteiger partial charge in [-0.1, -0.05) is 6.92 Å². The van der Waals surface area contributed by atoms with Crippen LogP contribution in [0.1, 0.15) is 30.3 Å². The number of piperidine rings is 1. The molecule has 1 saturated heterocycles. The van der Waals surface area contributed by atoms with Crippen molar-refractivity contribution in [2.45, 2.75) is 25.8 Å². The minimum Gasteiger partial charge on any atom is -0.464 e. The standard InChI is InChI=1S/C14H22N4O2/c1-4-18-7-5-11(6-8-18)17(2)13-10-15-9-12(16-13)14(19)20-3/h9-11H,4-8H2,1-3H3. The minimum atomic E-state index is -0.450. The highest BCUT2D eigenvalue weighted by Crippen LogP contribution is 2.20. The lowest BCUT2D eigenvalue weighted by Gasteiger charge is -2.36. The zero-order chi connectivity index (χ0) is 14.5. The van der Waals surface area contributed by atoms with E-state index in [2.05, 4.69) is 31.4 Å². The molecule has 0 atom stereocenters. The number of ether oxygens (including phenoxy) is 1. The van der Waals surface area contributed by atoms with Gasteiger partial charge in [-0.15, -0.1) is 0 Å². The van der Waals surface area contributed by atoms with Gasteiger partial charge < -0.3 is 14.5 Å². The second kappa shape index (κ2) is 6.65. The molecule has 2 rings (SSSR count). The molecule has 0 aliphatic carbocycles. The van der Waals surface area contributed by atoms with Crippen molar-refractivity contribution in [2.24, 2.45) is 0 Å². The fraction of sp³-hybridized carbons (Fsp3) is 0.643. The van der Waals surface area contributed by atoms with Crippen LogP contribution in [0.4, 0.5) is 5.82 Å². The second-order valence-electron chi connectivity index (χ2n) is 5.03. The first kappa shape index (κ1) is 14.7. The van der Waals surface area contributed by atoms with Crippen LogP contribution in [0.2, 0.25) is 0 Å². The van der Waals surface area contributed by atoms with E-state index in [0.29, 0.717) is 6.04 Å². The molecule has 2 heterocycles. The van der Waals surface area contributed by atoms with Gasteiger partial charge in [0.25, 0.3) is 0 Å². The monoisotopic (exact) mass is 278 g/mol. The number of nitrogens with zero attached hydrogens (tertiary/aromatic N) is 4. The van der Waals surface area contributed by atoms with E-state index >= 15 is 0 Å². The first-order valence-corrected chi connectivity index (χ1v) is 7.01. The summed E-state index contributed by atoms with van der Waals surface area (Å²) in [6, 6.07) is 0.444. The lowest BCUT2D eigenvalue weighted by Crippen LogP contribution is -2.43. The summed E-state index contributed by atoms with van der Waals surface area (Å²) in [6.45, 7) is 5.51. The maximum absolute atomic E-state index is 11.5. The molecule has 1 aromatic rings. The Balaban J connectivity index is 2.05. The molecule has 0 amide bonds. The van der Waals surface area contributed by atoms with Gasteiger partial charge in [0.05, 0.1) is 19.5 Å². The number of rotatable bonds is 4. The van der Waals surface area contributed by atoms with Crippen LogP contribution in [0.15, 0.2) is 12.4 Å². The summed E-state index contributed by atoms with van der Waals surface area (Å²) in [5.74, 6) is 0.274. The molecule has 1 aliphatic rings. The van der Waals surface area contributed by atoms with Crippen molar-refractivity contribution in [3.8, 4) is 0 Å². The zero-order valence-electron chi connectivity index (χ0n) is 12.4. The van der Waals surface area contributed by atoms with Crippen molar-refractivity contribution in [1.82, 2.24) is 14.9 Å². The Morgan fingerprint density at radius 3 is 2.75 bits per heavy atom. The summed E-state index contributed by atoms with van der Waals surface area (Å²) in [7, 11) is 3.36. The smallest absolute Gasteiger partial charge is 0.358 e. The van der Waals surface area contributed by atoms with Crippen molar-refractivity contribution >= 4 is 11.8 Å². The van der Waals surface area contributed by atoms with Gasteiger partial charge >= 0.3 is 5.97 Å². The van der Waals surface area contributed by atoms with Crippen LogP contribution in [-0.4, -0.2) is 60.7 Å². The van der Waals surface area contributed by atoms with Crippen LogP contribution in [0, 0.1) is 0 Å². The Morgan fingerprint density at radius 2 is 2.15 bits per heavy atom. The average molecular weight is 278 g/mol. The Hall–Kier alpha value is -1.69. The van der Waals surface area contributed by atoms with E-state index in [9.17, 15) is 4.79 Å². The van der Waals surface area contributed by atoms with Gasteiger partial charge in [-0.2, -0.15) is 0 Å². The van der Waals surface area contributed by atoms with Crippen LogP contribution in [0.25, 0.3) is 0 Å². The summed E-state index contributed by atoms with van der Waals surface area (Å²) in [5.41, 5.74) is 0.253. The molecule has 0 aromatic carbocycles. The normalized spacial score (nSPS) is 16.9. The largest absolute Gasteiger partial charge is 0.464 e. The summed E-state index contributed by atoms with van der Waals surface area (Å²) < 4.78 is 4.68. The van der Waals surface area contributed by atoms with Crippen LogP contribution in [0.5, 0.6) is 0 Å². The highest BCUT2D eigenvalue weighted by atomic mass is 16.5. The molecule has 1 fully saturated rings. The fourth-order valence-electron chi connectivity index (χ4n) is 2.54. The summed E-state index contributed by atoms with van der Waals surface area (Å²) >= 11 is 0. The summed E-state index contributed by atoms with van der Waals surface area (Å²) in [4.78, 5) is 24.5. The van der Waals surface area contributed by atoms with Crippen molar-refractivity contribution in [2.75, 3.05) is 38.7 Å². The number of aromatic nitrogens is 2. The van der Waals surface area contributed by atoms with Gasteiger partial charge in [0.15, 0.2) is 5.69 Å². The number of hydrogen-bond acceptors (Lipinski definition) is 6. The molecule has 110 valence electrons. The Labute approximate surface area is 119 Å². The molecule has 0 unspecified atom stereocenters. The number of anilines is 1. The average Bonchev–Trinajstić information content (AvgIpc) is 2.53. The lowest BCUT2D eigenvalue weighted by atomic mass is 10.0. The molecule has 0 spiro atoms. The minimum absolute atomic E-state index is 0.253. The van der Waals surface area contributed by atoms with E-state index in [1.165, 1.54) is 13.3 Å². The number of carbonyl (C=O) groups is 1. The van der Waals surface area contributed by atoms with E-state index in [0.717, 1.165) is 38.3 Å². The van der Waals surface area contributed by atoms with E-state index in [-0.39, 0.29) is 5.69 Å². The zero-order valence-corrected chi connectivity index (χ0v) is 12.4.